The van der Waals surface area contributed by atoms with Crippen LogP contribution in [-0.2, 0) is 0 Å². The van der Waals surface area contributed by atoms with Crippen LogP contribution in [0.2, 0.25) is 0 Å². The van der Waals surface area contributed by atoms with E-state index in [1.807, 2.05) is 0 Å². The molecular formula is C14H22BrN3. The normalized spacial score (nSPS) is 21.3. The molecule has 0 aliphatic carbocycles. The van der Waals surface area contributed by atoms with Crippen LogP contribution in [0, 0.1) is 6.92 Å². The number of hydrogen-bond acceptors (Lipinski definition) is 3. The Bertz CT molecular complexity index is 408. The molecule has 0 amide bonds. The van der Waals surface area contributed by atoms with Gasteiger partial charge in [0, 0.05) is 35.8 Å². The molecule has 1 fully saturated rings. The second kappa shape index (κ2) is 6.04. The maximum Gasteiger partial charge on any atom is 0.0370 e. The van der Waals surface area contributed by atoms with E-state index in [4.69, 9.17) is 5.73 Å². The predicted molar refractivity (Wildman–Crippen MR) is 81.2 cm³/mol. The molecule has 0 saturated carbocycles. The summed E-state index contributed by atoms with van der Waals surface area (Å²) in [5.74, 6) is 0. The molecule has 0 aromatic heterocycles. The van der Waals surface area contributed by atoms with Gasteiger partial charge in [0.15, 0.2) is 0 Å². The lowest BCUT2D eigenvalue weighted by atomic mass is 10.1. The highest BCUT2D eigenvalue weighted by Crippen LogP contribution is 2.25. The zero-order chi connectivity index (χ0) is 13.1. The van der Waals surface area contributed by atoms with Crippen LogP contribution in [-0.4, -0.2) is 44.2 Å². The Balaban J connectivity index is 2.11. The van der Waals surface area contributed by atoms with E-state index in [9.17, 15) is 0 Å². The van der Waals surface area contributed by atoms with Crippen molar-refractivity contribution in [2.45, 2.75) is 19.4 Å². The van der Waals surface area contributed by atoms with Crippen LogP contribution in [0.1, 0.15) is 12.0 Å². The molecule has 3 nitrogen and oxygen atoms in total. The molecule has 0 radical (unpaired) electrons. The maximum atomic E-state index is 5.70. The van der Waals surface area contributed by atoms with Gasteiger partial charge in [-0.05, 0) is 50.7 Å². The molecule has 1 unspecified atom stereocenters. The molecule has 1 heterocycles. The molecular weight excluding hydrogens is 290 g/mol. The summed E-state index contributed by atoms with van der Waals surface area (Å²) < 4.78 is 1.18. The molecule has 2 N–H and O–H groups in total. The van der Waals surface area contributed by atoms with Gasteiger partial charge >= 0.3 is 0 Å². The first kappa shape index (κ1) is 13.8. The topological polar surface area (TPSA) is 32.5 Å². The number of rotatable bonds is 3. The van der Waals surface area contributed by atoms with Gasteiger partial charge in [-0.2, -0.15) is 0 Å². The summed E-state index contributed by atoms with van der Waals surface area (Å²) in [5.41, 5.74) is 8.32. The lowest BCUT2D eigenvalue weighted by Gasteiger charge is -2.40. The fourth-order valence-electron chi connectivity index (χ4n) is 2.51. The van der Waals surface area contributed by atoms with Crippen molar-refractivity contribution in [1.29, 1.82) is 0 Å². The zero-order valence-electron chi connectivity index (χ0n) is 11.2. The third-order valence-corrected chi connectivity index (χ3v) is 4.67. The van der Waals surface area contributed by atoms with Gasteiger partial charge in [-0.25, -0.2) is 0 Å². The van der Waals surface area contributed by atoms with E-state index in [1.54, 1.807) is 0 Å². The average molecular weight is 312 g/mol. The fourth-order valence-corrected chi connectivity index (χ4v) is 2.76. The van der Waals surface area contributed by atoms with Crippen molar-refractivity contribution < 1.29 is 0 Å². The van der Waals surface area contributed by atoms with Crippen LogP contribution < -0.4 is 10.6 Å². The molecule has 1 aromatic carbocycles. The molecule has 1 aliphatic heterocycles. The minimum Gasteiger partial charge on any atom is -0.369 e. The summed E-state index contributed by atoms with van der Waals surface area (Å²) in [4.78, 5) is 4.90. The third-order valence-electron chi connectivity index (χ3n) is 3.78. The number of benzene rings is 1. The van der Waals surface area contributed by atoms with Gasteiger partial charge in [0.05, 0.1) is 0 Å². The SMILES string of the molecule is Cc1cc(N2CCN(C)C(CCN)C2)ccc1Br. The molecule has 18 heavy (non-hydrogen) atoms. The van der Waals surface area contributed by atoms with E-state index >= 15 is 0 Å². The number of likely N-dealkylation sites (N-methyl/N-ethyl adjacent to an activating group) is 1. The van der Waals surface area contributed by atoms with Crippen molar-refractivity contribution in [2.75, 3.05) is 38.1 Å². The largest absolute Gasteiger partial charge is 0.369 e. The maximum absolute atomic E-state index is 5.70. The molecule has 1 aliphatic rings. The Kier molecular flexibility index (Phi) is 4.65. The fraction of sp³-hybridized carbons (Fsp3) is 0.571. The van der Waals surface area contributed by atoms with Gasteiger partial charge < -0.3 is 10.6 Å². The highest BCUT2D eigenvalue weighted by molar-refractivity contribution is 9.10. The molecule has 2 rings (SSSR count). The molecule has 1 aromatic rings. The minimum atomic E-state index is 0.577. The van der Waals surface area contributed by atoms with E-state index in [0.717, 1.165) is 32.6 Å². The van der Waals surface area contributed by atoms with E-state index in [-0.39, 0.29) is 0 Å². The van der Waals surface area contributed by atoms with E-state index in [1.165, 1.54) is 15.7 Å². The standard InChI is InChI=1S/C14H22BrN3/c1-11-9-12(3-4-14(11)15)18-8-7-17(2)13(10-18)5-6-16/h3-4,9,13H,5-8,10,16H2,1-2H3. The second-order valence-electron chi connectivity index (χ2n) is 5.09. The highest BCUT2D eigenvalue weighted by Gasteiger charge is 2.23. The first-order valence-electron chi connectivity index (χ1n) is 6.53. The van der Waals surface area contributed by atoms with Crippen molar-refractivity contribution in [3.63, 3.8) is 0 Å². The van der Waals surface area contributed by atoms with Gasteiger partial charge in [0.25, 0.3) is 0 Å². The van der Waals surface area contributed by atoms with Gasteiger partial charge in [-0.1, -0.05) is 15.9 Å². The van der Waals surface area contributed by atoms with Gasteiger partial charge in [-0.15, -0.1) is 0 Å². The van der Waals surface area contributed by atoms with Crippen molar-refractivity contribution in [3.05, 3.63) is 28.2 Å². The molecule has 1 atom stereocenters. The van der Waals surface area contributed by atoms with Crippen LogP contribution in [0.5, 0.6) is 0 Å². The number of anilines is 1. The monoisotopic (exact) mass is 311 g/mol. The number of aryl methyl sites for hydroxylation is 1. The Morgan fingerprint density at radius 1 is 1.39 bits per heavy atom. The van der Waals surface area contributed by atoms with E-state index < -0.39 is 0 Å². The lowest BCUT2D eigenvalue weighted by molar-refractivity contribution is 0.210. The first-order chi connectivity index (χ1) is 8.61. The number of halogens is 1. The van der Waals surface area contributed by atoms with E-state index in [0.29, 0.717) is 6.04 Å². The van der Waals surface area contributed by atoms with Gasteiger partial charge in [0.1, 0.15) is 0 Å². The van der Waals surface area contributed by atoms with E-state index in [2.05, 4.69) is 57.9 Å². The Labute approximate surface area is 118 Å². The lowest BCUT2D eigenvalue weighted by Crippen LogP contribution is -2.52. The number of hydrogen-bond donors (Lipinski definition) is 1. The zero-order valence-corrected chi connectivity index (χ0v) is 12.8. The summed E-state index contributed by atoms with van der Waals surface area (Å²) in [6.45, 7) is 6.19. The van der Waals surface area contributed by atoms with Crippen LogP contribution >= 0.6 is 15.9 Å². The third kappa shape index (κ3) is 3.05. The van der Waals surface area contributed by atoms with Crippen molar-refractivity contribution in [1.82, 2.24) is 4.90 Å². The van der Waals surface area contributed by atoms with Crippen molar-refractivity contribution >= 4 is 21.6 Å². The highest BCUT2D eigenvalue weighted by atomic mass is 79.9. The predicted octanol–water partition coefficient (Wildman–Crippen LogP) is 2.23. The Morgan fingerprint density at radius 3 is 2.83 bits per heavy atom. The summed E-state index contributed by atoms with van der Waals surface area (Å²) in [5, 5.41) is 0. The summed E-state index contributed by atoms with van der Waals surface area (Å²) in [7, 11) is 2.20. The van der Waals surface area contributed by atoms with Crippen molar-refractivity contribution in [3.8, 4) is 0 Å². The Hall–Kier alpha value is -0.580. The molecule has 1 saturated heterocycles. The summed E-state index contributed by atoms with van der Waals surface area (Å²) >= 11 is 3.56. The van der Waals surface area contributed by atoms with Crippen molar-refractivity contribution in [2.24, 2.45) is 5.73 Å². The number of nitrogens with two attached hydrogens (primary N) is 1. The summed E-state index contributed by atoms with van der Waals surface area (Å²) in [6, 6.07) is 7.17. The summed E-state index contributed by atoms with van der Waals surface area (Å²) in [6.07, 6.45) is 1.07. The van der Waals surface area contributed by atoms with Gasteiger partial charge in [-0.3, -0.25) is 4.90 Å². The molecule has 0 bridgehead atoms. The quantitative estimate of drug-likeness (QED) is 0.929. The van der Waals surface area contributed by atoms with Crippen LogP contribution in [0.25, 0.3) is 0 Å². The first-order valence-corrected chi connectivity index (χ1v) is 7.32. The second-order valence-corrected chi connectivity index (χ2v) is 5.95. The number of piperazine rings is 1. The molecule has 4 heteroatoms. The minimum absolute atomic E-state index is 0.577. The molecule has 100 valence electrons. The number of nitrogens with zero attached hydrogens (tertiary/aromatic N) is 2. The molecule has 0 spiro atoms. The average Bonchev–Trinajstić information content (AvgIpc) is 2.36. The van der Waals surface area contributed by atoms with Gasteiger partial charge in [0.2, 0.25) is 0 Å². The van der Waals surface area contributed by atoms with Crippen LogP contribution in [0.3, 0.4) is 0 Å². The Morgan fingerprint density at radius 2 is 2.17 bits per heavy atom. The van der Waals surface area contributed by atoms with Crippen LogP contribution in [0.15, 0.2) is 22.7 Å². The smallest absolute Gasteiger partial charge is 0.0370 e. The van der Waals surface area contributed by atoms with Crippen LogP contribution in [0.4, 0.5) is 5.69 Å².